The zero-order valence-electron chi connectivity index (χ0n) is 10.7. The van der Waals surface area contributed by atoms with Gasteiger partial charge in [0.1, 0.15) is 5.82 Å². The van der Waals surface area contributed by atoms with Crippen LogP contribution >= 0.6 is 0 Å². The van der Waals surface area contributed by atoms with E-state index in [4.69, 9.17) is 0 Å². The molecule has 0 aromatic heterocycles. The summed E-state index contributed by atoms with van der Waals surface area (Å²) in [5, 5.41) is 3.22. The molecule has 2 heterocycles. The van der Waals surface area contributed by atoms with E-state index < -0.39 is 0 Å². The molecule has 0 atom stereocenters. The first kappa shape index (κ1) is 12.0. The summed E-state index contributed by atoms with van der Waals surface area (Å²) >= 11 is 0. The third kappa shape index (κ3) is 2.14. The molecule has 2 aliphatic heterocycles. The molecule has 0 spiro atoms. The molecule has 0 saturated carbocycles. The van der Waals surface area contributed by atoms with Crippen LogP contribution in [0.2, 0.25) is 0 Å². The van der Waals surface area contributed by atoms with E-state index in [0.717, 1.165) is 24.4 Å². The van der Waals surface area contributed by atoms with Crippen LogP contribution < -0.4 is 5.32 Å². The fraction of sp³-hybridized carbons (Fsp3) is 0.333. The Labute approximate surface area is 112 Å². The Kier molecular flexibility index (Phi) is 3.07. The van der Waals surface area contributed by atoms with Gasteiger partial charge >= 0.3 is 0 Å². The number of amides is 1. The van der Waals surface area contributed by atoms with Crippen LogP contribution in [0.3, 0.4) is 0 Å². The van der Waals surface area contributed by atoms with Gasteiger partial charge in [-0.1, -0.05) is 30.3 Å². The Hall–Kier alpha value is -2.10. The fourth-order valence-corrected chi connectivity index (χ4v) is 2.64. The lowest BCUT2D eigenvalue weighted by Gasteiger charge is -2.35. The SMILES string of the molecule is O=C(C1=C2NCCCN2C(=O)CC1)c1ccccc1. The minimum atomic E-state index is 0.0301. The van der Waals surface area contributed by atoms with Crippen LogP contribution in [-0.2, 0) is 4.79 Å². The highest BCUT2D eigenvalue weighted by Gasteiger charge is 2.31. The number of fused-ring (bicyclic) bond motifs is 1. The number of carbonyl (C=O) groups excluding carboxylic acids is 2. The van der Waals surface area contributed by atoms with Crippen molar-refractivity contribution in [1.82, 2.24) is 10.2 Å². The molecule has 19 heavy (non-hydrogen) atoms. The van der Waals surface area contributed by atoms with Crippen molar-refractivity contribution in [2.75, 3.05) is 13.1 Å². The second-order valence-corrected chi connectivity index (χ2v) is 4.85. The highest BCUT2D eigenvalue weighted by molar-refractivity contribution is 6.10. The maximum absolute atomic E-state index is 12.5. The number of nitrogens with zero attached hydrogens (tertiary/aromatic N) is 1. The van der Waals surface area contributed by atoms with Gasteiger partial charge < -0.3 is 5.32 Å². The standard InChI is InChI=1S/C15H16N2O2/c18-13-8-7-12(15-16-9-4-10-17(13)15)14(19)11-5-2-1-3-6-11/h1-3,5-6,16H,4,7-10H2. The van der Waals surface area contributed by atoms with E-state index in [2.05, 4.69) is 5.32 Å². The lowest BCUT2D eigenvalue weighted by atomic mass is 9.95. The third-order valence-electron chi connectivity index (χ3n) is 3.61. The number of Topliss-reactive ketones (excluding diaryl/α,β-unsaturated/α-hetero) is 1. The first-order chi connectivity index (χ1) is 9.27. The molecule has 1 fully saturated rings. The smallest absolute Gasteiger partial charge is 0.228 e. The fourth-order valence-electron chi connectivity index (χ4n) is 2.64. The van der Waals surface area contributed by atoms with Crippen LogP contribution in [0.25, 0.3) is 0 Å². The molecular formula is C15H16N2O2. The van der Waals surface area contributed by atoms with Crippen molar-refractivity contribution in [2.45, 2.75) is 19.3 Å². The van der Waals surface area contributed by atoms with Crippen LogP contribution in [0.5, 0.6) is 0 Å². The molecule has 1 aromatic carbocycles. The number of allylic oxidation sites excluding steroid dienone is 1. The van der Waals surface area contributed by atoms with Crippen molar-refractivity contribution in [3.63, 3.8) is 0 Å². The lowest BCUT2D eigenvalue weighted by Crippen LogP contribution is -2.46. The Morgan fingerprint density at radius 1 is 1.16 bits per heavy atom. The quantitative estimate of drug-likeness (QED) is 0.819. The Bertz CT molecular complexity index is 549. The minimum Gasteiger partial charge on any atom is -0.371 e. The van der Waals surface area contributed by atoms with Gasteiger partial charge in [0.15, 0.2) is 5.78 Å². The monoisotopic (exact) mass is 256 g/mol. The lowest BCUT2D eigenvalue weighted by molar-refractivity contribution is -0.130. The van der Waals surface area contributed by atoms with Crippen molar-refractivity contribution in [3.05, 3.63) is 47.3 Å². The van der Waals surface area contributed by atoms with E-state index in [0.29, 0.717) is 24.9 Å². The summed E-state index contributed by atoms with van der Waals surface area (Å²) in [5.74, 6) is 0.880. The summed E-state index contributed by atoms with van der Waals surface area (Å²) in [6, 6.07) is 9.25. The average molecular weight is 256 g/mol. The summed E-state index contributed by atoms with van der Waals surface area (Å²) in [6.45, 7) is 1.54. The predicted octanol–water partition coefficient (Wildman–Crippen LogP) is 1.70. The highest BCUT2D eigenvalue weighted by Crippen LogP contribution is 2.26. The van der Waals surface area contributed by atoms with Gasteiger partial charge in [-0.05, 0) is 12.8 Å². The first-order valence-corrected chi connectivity index (χ1v) is 6.64. The van der Waals surface area contributed by atoms with E-state index >= 15 is 0 Å². The number of carbonyl (C=O) groups is 2. The van der Waals surface area contributed by atoms with Gasteiger partial charge in [0.2, 0.25) is 5.91 Å². The second-order valence-electron chi connectivity index (χ2n) is 4.85. The predicted molar refractivity (Wildman–Crippen MR) is 71.4 cm³/mol. The molecule has 1 aromatic rings. The van der Waals surface area contributed by atoms with E-state index in [-0.39, 0.29) is 11.7 Å². The molecule has 3 rings (SSSR count). The number of benzene rings is 1. The van der Waals surface area contributed by atoms with Gasteiger partial charge in [-0.2, -0.15) is 0 Å². The van der Waals surface area contributed by atoms with Crippen molar-refractivity contribution in [3.8, 4) is 0 Å². The molecule has 0 radical (unpaired) electrons. The summed E-state index contributed by atoms with van der Waals surface area (Å²) < 4.78 is 0. The molecule has 2 aliphatic rings. The zero-order chi connectivity index (χ0) is 13.2. The van der Waals surface area contributed by atoms with E-state index in [9.17, 15) is 9.59 Å². The maximum Gasteiger partial charge on any atom is 0.228 e. The summed E-state index contributed by atoms with van der Waals surface area (Å²) in [4.78, 5) is 26.1. The van der Waals surface area contributed by atoms with Crippen LogP contribution in [0.1, 0.15) is 29.6 Å². The van der Waals surface area contributed by atoms with Crippen LogP contribution in [0, 0.1) is 0 Å². The highest BCUT2D eigenvalue weighted by atomic mass is 16.2. The van der Waals surface area contributed by atoms with Crippen molar-refractivity contribution in [2.24, 2.45) is 0 Å². The third-order valence-corrected chi connectivity index (χ3v) is 3.61. The van der Waals surface area contributed by atoms with E-state index in [1.165, 1.54) is 0 Å². The van der Waals surface area contributed by atoms with Crippen LogP contribution in [0.15, 0.2) is 41.7 Å². The van der Waals surface area contributed by atoms with Gasteiger partial charge in [0.25, 0.3) is 0 Å². The minimum absolute atomic E-state index is 0.0301. The largest absolute Gasteiger partial charge is 0.371 e. The second kappa shape index (κ2) is 4.88. The molecule has 98 valence electrons. The molecule has 4 nitrogen and oxygen atoms in total. The zero-order valence-corrected chi connectivity index (χ0v) is 10.7. The molecule has 0 bridgehead atoms. The first-order valence-electron chi connectivity index (χ1n) is 6.64. The molecule has 0 aliphatic carbocycles. The molecule has 1 amide bonds. The van der Waals surface area contributed by atoms with Crippen LogP contribution in [0.4, 0.5) is 0 Å². The molecular weight excluding hydrogens is 240 g/mol. The summed E-state index contributed by atoms with van der Waals surface area (Å²) in [5.41, 5.74) is 1.43. The number of hydrogen-bond donors (Lipinski definition) is 1. The Morgan fingerprint density at radius 3 is 2.74 bits per heavy atom. The van der Waals surface area contributed by atoms with Gasteiger partial charge in [0, 0.05) is 30.6 Å². The van der Waals surface area contributed by atoms with E-state index in [1.807, 2.05) is 30.3 Å². The number of hydrogen-bond acceptors (Lipinski definition) is 3. The van der Waals surface area contributed by atoms with Crippen molar-refractivity contribution < 1.29 is 9.59 Å². The molecule has 1 saturated heterocycles. The summed E-state index contributed by atoms with van der Waals surface area (Å²) in [6.07, 6.45) is 1.90. The van der Waals surface area contributed by atoms with Gasteiger partial charge in [-0.3, -0.25) is 14.5 Å². The molecule has 0 unspecified atom stereocenters. The van der Waals surface area contributed by atoms with E-state index in [1.54, 1.807) is 4.90 Å². The molecule has 1 N–H and O–H groups in total. The van der Waals surface area contributed by atoms with Crippen molar-refractivity contribution in [1.29, 1.82) is 0 Å². The van der Waals surface area contributed by atoms with Gasteiger partial charge in [-0.25, -0.2) is 0 Å². The average Bonchev–Trinajstić information content (AvgIpc) is 2.48. The normalized spacial score (nSPS) is 18.9. The molecule has 4 heteroatoms. The number of rotatable bonds is 2. The van der Waals surface area contributed by atoms with Crippen molar-refractivity contribution >= 4 is 11.7 Å². The maximum atomic E-state index is 12.5. The Balaban J connectivity index is 1.98. The summed E-state index contributed by atoms with van der Waals surface area (Å²) in [7, 11) is 0. The van der Waals surface area contributed by atoms with Gasteiger partial charge in [0.05, 0.1) is 0 Å². The topological polar surface area (TPSA) is 49.4 Å². The van der Waals surface area contributed by atoms with Gasteiger partial charge in [-0.15, -0.1) is 0 Å². The number of ketones is 1. The number of nitrogens with one attached hydrogen (secondary N) is 1. The van der Waals surface area contributed by atoms with Crippen LogP contribution in [-0.4, -0.2) is 29.7 Å². The Morgan fingerprint density at radius 2 is 1.95 bits per heavy atom.